The second-order valence-electron chi connectivity index (χ2n) is 5.29. The van der Waals surface area contributed by atoms with Gasteiger partial charge < -0.3 is 10.4 Å². The van der Waals surface area contributed by atoms with Crippen LogP contribution in [-0.4, -0.2) is 52.3 Å². The summed E-state index contributed by atoms with van der Waals surface area (Å²) in [5.74, 6) is -0.290. The van der Waals surface area contributed by atoms with E-state index in [4.69, 9.17) is 5.11 Å². The number of hydrogen-bond donors (Lipinski definition) is 3. The first-order valence-corrected chi connectivity index (χ1v) is 8.42. The third kappa shape index (κ3) is 5.20. The van der Waals surface area contributed by atoms with Crippen molar-refractivity contribution < 1.29 is 14.7 Å². The van der Waals surface area contributed by atoms with Crippen molar-refractivity contribution in [2.75, 3.05) is 12.0 Å². The first-order valence-electron chi connectivity index (χ1n) is 7.03. The molecule has 1 rings (SSSR count). The molecule has 0 bridgehead atoms. The maximum Gasteiger partial charge on any atom is 0.330 e. The summed E-state index contributed by atoms with van der Waals surface area (Å²) in [6.45, 7) is 4.14. The van der Waals surface area contributed by atoms with E-state index in [0.29, 0.717) is 12.2 Å². The molecule has 0 aromatic carbocycles. The zero-order valence-corrected chi connectivity index (χ0v) is 13.2. The molecule has 1 fully saturated rings. The van der Waals surface area contributed by atoms with Gasteiger partial charge in [-0.05, 0) is 45.1 Å². The zero-order valence-electron chi connectivity index (χ0n) is 12.4. The molecule has 1 saturated heterocycles. The van der Waals surface area contributed by atoms with Gasteiger partial charge in [-0.25, -0.2) is 14.6 Å². The molecule has 2 amide bonds. The first-order chi connectivity index (χ1) is 9.45. The van der Waals surface area contributed by atoms with Crippen molar-refractivity contribution >= 4 is 23.8 Å². The van der Waals surface area contributed by atoms with Crippen LogP contribution in [0.15, 0.2) is 0 Å². The van der Waals surface area contributed by atoms with Crippen molar-refractivity contribution in [2.24, 2.45) is 0 Å². The summed E-state index contributed by atoms with van der Waals surface area (Å²) >= 11 is 1.57. The maximum atomic E-state index is 11.9. The highest BCUT2D eigenvalue weighted by Gasteiger charge is 2.27. The molecule has 3 N–H and O–H groups in total. The molecule has 0 saturated carbocycles. The predicted octanol–water partition coefficient (Wildman–Crippen LogP) is 1.67. The Balaban J connectivity index is 2.49. The number of carbonyl (C=O) groups excluding carboxylic acids is 1. The molecule has 20 heavy (non-hydrogen) atoms. The largest absolute Gasteiger partial charge is 0.480 e. The molecule has 3 atom stereocenters. The number of carbonyl (C=O) groups is 2. The van der Waals surface area contributed by atoms with Crippen molar-refractivity contribution in [3.63, 3.8) is 0 Å². The average molecular weight is 303 g/mol. The molecule has 7 heteroatoms. The Kier molecular flexibility index (Phi) is 7.15. The summed E-state index contributed by atoms with van der Waals surface area (Å²) in [4.78, 5) is 23.0. The van der Waals surface area contributed by atoms with Gasteiger partial charge in [-0.1, -0.05) is 6.42 Å². The van der Waals surface area contributed by atoms with Crippen molar-refractivity contribution in [3.05, 3.63) is 0 Å². The van der Waals surface area contributed by atoms with E-state index in [-0.39, 0.29) is 12.1 Å². The lowest BCUT2D eigenvalue weighted by Crippen LogP contribution is -2.58. The van der Waals surface area contributed by atoms with Crippen LogP contribution in [0.2, 0.25) is 0 Å². The van der Waals surface area contributed by atoms with Gasteiger partial charge in [-0.15, -0.1) is 0 Å². The molecule has 0 aromatic heterocycles. The summed E-state index contributed by atoms with van der Waals surface area (Å²) in [6.07, 6.45) is 5.58. The number of carboxylic acids is 1. The van der Waals surface area contributed by atoms with Crippen LogP contribution in [-0.2, 0) is 4.79 Å². The number of hydrazine groups is 1. The molecular formula is C13H25N3O3S. The summed E-state index contributed by atoms with van der Waals surface area (Å²) in [5.41, 5.74) is 2.79. The number of nitrogens with zero attached hydrogens (tertiary/aromatic N) is 1. The van der Waals surface area contributed by atoms with E-state index < -0.39 is 18.0 Å². The van der Waals surface area contributed by atoms with Crippen molar-refractivity contribution in [2.45, 2.75) is 57.7 Å². The normalized spacial score (nSPS) is 24.9. The van der Waals surface area contributed by atoms with Crippen LogP contribution >= 0.6 is 11.8 Å². The van der Waals surface area contributed by atoms with Crippen LogP contribution in [0.1, 0.15) is 39.5 Å². The van der Waals surface area contributed by atoms with Crippen molar-refractivity contribution in [1.29, 1.82) is 0 Å². The lowest BCUT2D eigenvalue weighted by molar-refractivity contribution is -0.139. The Bertz CT molecular complexity index is 331. The first kappa shape index (κ1) is 17.1. The number of nitrogens with one attached hydrogen (secondary N) is 2. The molecule has 3 unspecified atom stereocenters. The number of aliphatic carboxylic acids is 1. The minimum Gasteiger partial charge on any atom is -0.480 e. The van der Waals surface area contributed by atoms with E-state index >= 15 is 0 Å². The fourth-order valence-electron chi connectivity index (χ4n) is 2.44. The Labute approximate surface area is 124 Å². The molecule has 116 valence electrons. The topological polar surface area (TPSA) is 81.7 Å². The lowest BCUT2D eigenvalue weighted by atomic mass is 10.00. The number of carboxylic acid groups (broad SMARTS) is 1. The third-order valence-corrected chi connectivity index (χ3v) is 4.28. The average Bonchev–Trinajstić information content (AvgIpc) is 2.38. The number of urea groups is 1. The number of rotatable bonds is 6. The molecule has 0 aliphatic carbocycles. The highest BCUT2D eigenvalue weighted by molar-refractivity contribution is 7.98. The molecule has 1 aliphatic rings. The van der Waals surface area contributed by atoms with Crippen molar-refractivity contribution in [1.82, 2.24) is 15.8 Å². The van der Waals surface area contributed by atoms with Crippen LogP contribution in [0.25, 0.3) is 0 Å². The van der Waals surface area contributed by atoms with E-state index in [1.165, 1.54) is 0 Å². The number of amides is 2. The Morgan fingerprint density at radius 3 is 2.45 bits per heavy atom. The standard InChI is InChI=1S/C13H25N3O3S/c1-9-5-4-6-10(2)16(9)15-13(19)14-11(12(17)18)7-8-20-3/h9-11H,4-8H2,1-3H3,(H,17,18)(H2,14,15,19). The van der Waals surface area contributed by atoms with Gasteiger partial charge in [-0.3, -0.25) is 5.43 Å². The van der Waals surface area contributed by atoms with Gasteiger partial charge in [-0.2, -0.15) is 11.8 Å². The smallest absolute Gasteiger partial charge is 0.330 e. The van der Waals surface area contributed by atoms with Gasteiger partial charge in [0, 0.05) is 12.1 Å². The molecule has 1 heterocycles. The molecule has 6 nitrogen and oxygen atoms in total. The second-order valence-corrected chi connectivity index (χ2v) is 6.28. The van der Waals surface area contributed by atoms with E-state index in [1.54, 1.807) is 11.8 Å². The van der Waals surface area contributed by atoms with Gasteiger partial charge >= 0.3 is 12.0 Å². The minimum atomic E-state index is -0.992. The lowest BCUT2D eigenvalue weighted by Gasteiger charge is -2.38. The van der Waals surface area contributed by atoms with E-state index in [2.05, 4.69) is 24.6 Å². The van der Waals surface area contributed by atoms with Crippen LogP contribution in [0.4, 0.5) is 4.79 Å². The molecule has 0 radical (unpaired) electrons. The third-order valence-electron chi connectivity index (χ3n) is 3.64. The monoisotopic (exact) mass is 303 g/mol. The maximum absolute atomic E-state index is 11.9. The summed E-state index contributed by atoms with van der Waals surface area (Å²) in [5, 5.41) is 13.6. The Hall–Kier alpha value is -0.950. The number of thioether (sulfide) groups is 1. The Morgan fingerprint density at radius 1 is 1.35 bits per heavy atom. The Morgan fingerprint density at radius 2 is 1.95 bits per heavy atom. The molecule has 0 spiro atoms. The van der Waals surface area contributed by atoms with Crippen LogP contribution in [0.5, 0.6) is 0 Å². The SMILES string of the molecule is CSCCC(NC(=O)NN1C(C)CCCC1C)C(=O)O. The van der Waals surface area contributed by atoms with Crippen LogP contribution in [0, 0.1) is 0 Å². The van der Waals surface area contributed by atoms with Crippen molar-refractivity contribution in [3.8, 4) is 0 Å². The minimum absolute atomic E-state index is 0.277. The van der Waals surface area contributed by atoms with E-state index in [0.717, 1.165) is 19.3 Å². The van der Waals surface area contributed by atoms with Crippen LogP contribution < -0.4 is 10.7 Å². The van der Waals surface area contributed by atoms with Crippen LogP contribution in [0.3, 0.4) is 0 Å². The van der Waals surface area contributed by atoms with Gasteiger partial charge in [0.15, 0.2) is 0 Å². The summed E-state index contributed by atoms with van der Waals surface area (Å²) in [6, 6.07) is -0.713. The molecular weight excluding hydrogens is 278 g/mol. The van der Waals surface area contributed by atoms with Gasteiger partial charge in [0.25, 0.3) is 0 Å². The van der Waals surface area contributed by atoms with Gasteiger partial charge in [0.05, 0.1) is 0 Å². The quantitative estimate of drug-likeness (QED) is 0.695. The van der Waals surface area contributed by atoms with Gasteiger partial charge in [0.1, 0.15) is 6.04 Å². The van der Waals surface area contributed by atoms with E-state index in [9.17, 15) is 9.59 Å². The van der Waals surface area contributed by atoms with E-state index in [1.807, 2.05) is 11.3 Å². The summed E-state index contributed by atoms with van der Waals surface area (Å²) < 4.78 is 0. The fraction of sp³-hybridized carbons (Fsp3) is 0.846. The zero-order chi connectivity index (χ0) is 15.1. The number of piperidine rings is 1. The molecule has 0 aromatic rings. The molecule has 1 aliphatic heterocycles. The highest BCUT2D eigenvalue weighted by atomic mass is 32.2. The fourth-order valence-corrected chi connectivity index (χ4v) is 2.91. The summed E-state index contributed by atoms with van der Waals surface area (Å²) in [7, 11) is 0. The van der Waals surface area contributed by atoms with Gasteiger partial charge in [0.2, 0.25) is 0 Å². The predicted molar refractivity (Wildman–Crippen MR) is 80.7 cm³/mol. The number of hydrogen-bond acceptors (Lipinski definition) is 4. The second kappa shape index (κ2) is 8.36. The highest BCUT2D eigenvalue weighted by Crippen LogP contribution is 2.20.